The molecule has 118 valence electrons. The second kappa shape index (κ2) is 6.97. The van der Waals surface area contributed by atoms with E-state index < -0.39 is 9.84 Å². The molecule has 2 aromatic rings. The normalized spacial score (nSPS) is 13.1. The molecular formula is C18H23NO2S. The van der Waals surface area contributed by atoms with E-state index in [2.05, 4.69) is 24.4 Å². The Morgan fingerprint density at radius 3 is 2.05 bits per heavy atom. The van der Waals surface area contributed by atoms with Crippen LogP contribution >= 0.6 is 0 Å². The summed E-state index contributed by atoms with van der Waals surface area (Å²) >= 11 is 0. The van der Waals surface area contributed by atoms with E-state index >= 15 is 0 Å². The fourth-order valence-electron chi connectivity index (χ4n) is 2.17. The van der Waals surface area contributed by atoms with Crippen molar-refractivity contribution in [3.8, 4) is 0 Å². The van der Waals surface area contributed by atoms with Crippen molar-refractivity contribution in [3.63, 3.8) is 0 Å². The average Bonchev–Trinajstić information content (AvgIpc) is 2.49. The number of rotatable bonds is 6. The van der Waals surface area contributed by atoms with Gasteiger partial charge in [-0.25, -0.2) is 8.42 Å². The highest BCUT2D eigenvalue weighted by Gasteiger charge is 2.16. The van der Waals surface area contributed by atoms with E-state index in [0.29, 0.717) is 0 Å². The maximum atomic E-state index is 11.9. The van der Waals surface area contributed by atoms with Crippen LogP contribution in [-0.2, 0) is 15.6 Å². The molecule has 0 spiro atoms. The zero-order valence-electron chi connectivity index (χ0n) is 13.3. The van der Waals surface area contributed by atoms with E-state index in [0.717, 1.165) is 11.3 Å². The molecule has 0 radical (unpaired) electrons. The van der Waals surface area contributed by atoms with Crippen LogP contribution in [0.5, 0.6) is 0 Å². The molecule has 0 aliphatic carbocycles. The lowest BCUT2D eigenvalue weighted by Crippen LogP contribution is -2.16. The van der Waals surface area contributed by atoms with Crippen molar-refractivity contribution in [2.45, 2.75) is 37.8 Å². The Balaban J connectivity index is 2.04. The fraction of sp³-hybridized carbons (Fsp3) is 0.333. The third kappa shape index (κ3) is 4.34. The summed E-state index contributed by atoms with van der Waals surface area (Å²) in [5, 5.41) is 3.08. The van der Waals surface area contributed by atoms with Crippen LogP contribution in [0.2, 0.25) is 0 Å². The number of hydrogen-bond donors (Lipinski definition) is 1. The van der Waals surface area contributed by atoms with E-state index in [9.17, 15) is 8.42 Å². The van der Waals surface area contributed by atoms with E-state index in [-0.39, 0.29) is 17.0 Å². The standard InChI is InChI=1S/C18H23NO2S/c1-14(2)22(20,21)13-16-9-11-18(12-10-16)19-15(3)17-7-5-4-6-8-17/h4-12,14-15,19H,13H2,1-3H3/t15-/m0/s1. The molecule has 1 atom stereocenters. The molecular weight excluding hydrogens is 294 g/mol. The van der Waals surface area contributed by atoms with Crippen molar-refractivity contribution in [2.24, 2.45) is 0 Å². The lowest BCUT2D eigenvalue weighted by Gasteiger charge is -2.16. The largest absolute Gasteiger partial charge is 0.379 e. The maximum Gasteiger partial charge on any atom is 0.156 e. The summed E-state index contributed by atoms with van der Waals surface area (Å²) in [5.41, 5.74) is 3.03. The van der Waals surface area contributed by atoms with Crippen molar-refractivity contribution >= 4 is 15.5 Å². The Kier molecular flexibility index (Phi) is 5.24. The first kappa shape index (κ1) is 16.6. The zero-order valence-corrected chi connectivity index (χ0v) is 14.1. The van der Waals surface area contributed by atoms with Crippen LogP contribution in [0.25, 0.3) is 0 Å². The third-order valence-corrected chi connectivity index (χ3v) is 5.89. The van der Waals surface area contributed by atoms with Gasteiger partial charge in [-0.2, -0.15) is 0 Å². The summed E-state index contributed by atoms with van der Waals surface area (Å²) in [5.74, 6) is 0.0964. The van der Waals surface area contributed by atoms with Gasteiger partial charge in [-0.3, -0.25) is 0 Å². The Hall–Kier alpha value is -1.81. The zero-order chi connectivity index (χ0) is 16.2. The Morgan fingerprint density at radius 2 is 1.50 bits per heavy atom. The maximum absolute atomic E-state index is 11.9. The van der Waals surface area contributed by atoms with Crippen LogP contribution in [0, 0.1) is 0 Å². The molecule has 0 fully saturated rings. The van der Waals surface area contributed by atoms with Crippen molar-refractivity contribution in [1.29, 1.82) is 0 Å². The number of anilines is 1. The Bertz CT molecular complexity index is 692. The van der Waals surface area contributed by atoms with Crippen LogP contribution in [-0.4, -0.2) is 13.7 Å². The summed E-state index contributed by atoms with van der Waals surface area (Å²) in [6.45, 7) is 5.53. The molecule has 0 unspecified atom stereocenters. The van der Waals surface area contributed by atoms with E-state index in [1.165, 1.54) is 5.56 Å². The molecule has 0 aromatic heterocycles. The first-order chi connectivity index (χ1) is 10.4. The summed E-state index contributed by atoms with van der Waals surface area (Å²) in [6, 6.07) is 18.0. The molecule has 0 aliphatic heterocycles. The lowest BCUT2D eigenvalue weighted by molar-refractivity contribution is 0.586. The van der Waals surface area contributed by atoms with E-state index in [1.807, 2.05) is 42.5 Å². The van der Waals surface area contributed by atoms with Gasteiger partial charge in [0.15, 0.2) is 9.84 Å². The molecule has 0 saturated heterocycles. The van der Waals surface area contributed by atoms with Gasteiger partial charge in [0.05, 0.1) is 11.0 Å². The second-order valence-electron chi connectivity index (χ2n) is 5.83. The third-order valence-electron chi connectivity index (χ3n) is 3.72. The first-order valence-corrected chi connectivity index (χ1v) is 9.22. The average molecular weight is 317 g/mol. The summed E-state index contributed by atoms with van der Waals surface area (Å²) in [7, 11) is -3.05. The summed E-state index contributed by atoms with van der Waals surface area (Å²) < 4.78 is 23.9. The number of nitrogens with one attached hydrogen (secondary N) is 1. The molecule has 4 heteroatoms. The SMILES string of the molecule is CC(C)S(=O)(=O)Cc1ccc(N[C@@H](C)c2ccccc2)cc1. The molecule has 2 rings (SSSR count). The minimum Gasteiger partial charge on any atom is -0.379 e. The van der Waals surface area contributed by atoms with Gasteiger partial charge in [-0.15, -0.1) is 0 Å². The molecule has 2 aromatic carbocycles. The van der Waals surface area contributed by atoms with Gasteiger partial charge in [0.25, 0.3) is 0 Å². The number of benzene rings is 2. The molecule has 0 amide bonds. The van der Waals surface area contributed by atoms with Crippen molar-refractivity contribution in [2.75, 3.05) is 5.32 Å². The highest BCUT2D eigenvalue weighted by molar-refractivity contribution is 7.91. The Labute approximate surface area is 133 Å². The topological polar surface area (TPSA) is 46.2 Å². The minimum atomic E-state index is -3.05. The van der Waals surface area contributed by atoms with Crippen LogP contribution in [0.4, 0.5) is 5.69 Å². The summed E-state index contributed by atoms with van der Waals surface area (Å²) in [6.07, 6.45) is 0. The van der Waals surface area contributed by atoms with Gasteiger partial charge in [0, 0.05) is 11.7 Å². The highest BCUT2D eigenvalue weighted by atomic mass is 32.2. The smallest absolute Gasteiger partial charge is 0.156 e. The molecule has 0 aliphatic rings. The van der Waals surface area contributed by atoms with E-state index in [4.69, 9.17) is 0 Å². The minimum absolute atomic E-state index is 0.0964. The predicted molar refractivity (Wildman–Crippen MR) is 92.7 cm³/mol. The fourth-order valence-corrected chi connectivity index (χ4v) is 3.16. The molecule has 0 bridgehead atoms. The molecule has 1 N–H and O–H groups in total. The Morgan fingerprint density at radius 1 is 0.909 bits per heavy atom. The monoisotopic (exact) mass is 317 g/mol. The van der Waals surface area contributed by atoms with Gasteiger partial charge in [0.1, 0.15) is 0 Å². The molecule has 0 heterocycles. The van der Waals surface area contributed by atoms with Gasteiger partial charge < -0.3 is 5.32 Å². The quantitative estimate of drug-likeness (QED) is 0.869. The molecule has 0 saturated carbocycles. The highest BCUT2D eigenvalue weighted by Crippen LogP contribution is 2.20. The van der Waals surface area contributed by atoms with Crippen molar-refractivity contribution in [3.05, 3.63) is 65.7 Å². The van der Waals surface area contributed by atoms with Crippen molar-refractivity contribution in [1.82, 2.24) is 0 Å². The first-order valence-electron chi connectivity index (χ1n) is 7.50. The van der Waals surface area contributed by atoms with Crippen LogP contribution < -0.4 is 5.32 Å². The number of sulfone groups is 1. The van der Waals surface area contributed by atoms with Gasteiger partial charge in [0.2, 0.25) is 0 Å². The van der Waals surface area contributed by atoms with Crippen LogP contribution in [0.3, 0.4) is 0 Å². The summed E-state index contributed by atoms with van der Waals surface area (Å²) in [4.78, 5) is 0. The van der Waals surface area contributed by atoms with Crippen LogP contribution in [0.15, 0.2) is 54.6 Å². The van der Waals surface area contributed by atoms with Gasteiger partial charge >= 0.3 is 0 Å². The number of hydrogen-bond acceptors (Lipinski definition) is 3. The van der Waals surface area contributed by atoms with Gasteiger partial charge in [-0.1, -0.05) is 42.5 Å². The predicted octanol–water partition coefficient (Wildman–Crippen LogP) is 4.18. The molecule has 3 nitrogen and oxygen atoms in total. The molecule has 22 heavy (non-hydrogen) atoms. The van der Waals surface area contributed by atoms with E-state index in [1.54, 1.807) is 13.8 Å². The van der Waals surface area contributed by atoms with Crippen molar-refractivity contribution < 1.29 is 8.42 Å². The van der Waals surface area contributed by atoms with Crippen LogP contribution in [0.1, 0.15) is 37.9 Å². The van der Waals surface area contributed by atoms with Gasteiger partial charge in [-0.05, 0) is 44.0 Å². The lowest BCUT2D eigenvalue weighted by atomic mass is 10.1. The second-order valence-corrected chi connectivity index (χ2v) is 8.39.